The fraction of sp³-hybridized carbons (Fsp3) is 0.400. The first kappa shape index (κ1) is 17.7. The number of ether oxygens (including phenoxy) is 1. The Morgan fingerprint density at radius 3 is 2.60 bits per heavy atom. The number of hydrogen-bond donors (Lipinski definition) is 1. The number of nitrogens with one attached hydrogen (secondary N) is 1. The van der Waals surface area contributed by atoms with Crippen molar-refractivity contribution in [3.63, 3.8) is 0 Å². The molecule has 5 heteroatoms. The van der Waals surface area contributed by atoms with Crippen molar-refractivity contribution in [1.82, 2.24) is 5.32 Å². The van der Waals surface area contributed by atoms with Crippen LogP contribution in [0.2, 0.25) is 5.02 Å². The van der Waals surface area contributed by atoms with Gasteiger partial charge in [-0.1, -0.05) is 43.6 Å². The second-order valence-electron chi connectivity index (χ2n) is 7.44. The quantitative estimate of drug-likeness (QED) is 0.807. The Morgan fingerprint density at radius 1 is 1.28 bits per heavy atom. The molecule has 0 amide bonds. The van der Waals surface area contributed by atoms with E-state index in [1.807, 2.05) is 25.1 Å². The van der Waals surface area contributed by atoms with Crippen LogP contribution in [0.25, 0.3) is 0 Å². The van der Waals surface area contributed by atoms with Crippen molar-refractivity contribution >= 4 is 23.4 Å². The molecule has 0 fully saturated rings. The summed E-state index contributed by atoms with van der Waals surface area (Å²) >= 11 is 6.42. The van der Waals surface area contributed by atoms with Gasteiger partial charge in [0.25, 0.3) is 0 Å². The number of dihydropyridines is 1. The maximum absolute atomic E-state index is 13.0. The third kappa shape index (κ3) is 3.11. The van der Waals surface area contributed by atoms with Gasteiger partial charge in [-0.3, -0.25) is 4.79 Å². The Labute approximate surface area is 152 Å². The summed E-state index contributed by atoms with van der Waals surface area (Å²) in [4.78, 5) is 25.5. The molecule has 1 heterocycles. The second-order valence-corrected chi connectivity index (χ2v) is 7.85. The summed E-state index contributed by atoms with van der Waals surface area (Å²) in [6, 6.07) is 7.35. The van der Waals surface area contributed by atoms with Gasteiger partial charge in [-0.2, -0.15) is 0 Å². The molecule has 1 aromatic carbocycles. The SMILES string of the molecule is COC(=O)C1=C(C)NC2=C(C(=O)CC(C)(C)C2)C1c1ccccc1Cl. The molecule has 0 bridgehead atoms. The highest BCUT2D eigenvalue weighted by molar-refractivity contribution is 6.31. The van der Waals surface area contributed by atoms with Crippen molar-refractivity contribution in [1.29, 1.82) is 0 Å². The highest BCUT2D eigenvalue weighted by atomic mass is 35.5. The minimum Gasteiger partial charge on any atom is -0.466 e. The number of esters is 1. The van der Waals surface area contributed by atoms with Crippen LogP contribution in [0.3, 0.4) is 0 Å². The number of Topliss-reactive ketones (excluding diaryl/α,β-unsaturated/α-hetero) is 1. The molecular weight excluding hydrogens is 338 g/mol. The molecular formula is C20H22ClNO3. The molecule has 132 valence electrons. The van der Waals surface area contributed by atoms with E-state index in [0.717, 1.165) is 17.7 Å². The Hall–Kier alpha value is -2.07. The molecule has 0 saturated carbocycles. The van der Waals surface area contributed by atoms with E-state index in [1.165, 1.54) is 7.11 Å². The topological polar surface area (TPSA) is 55.4 Å². The monoisotopic (exact) mass is 359 g/mol. The molecule has 1 aliphatic carbocycles. The lowest BCUT2D eigenvalue weighted by atomic mass is 9.68. The first-order chi connectivity index (χ1) is 11.7. The summed E-state index contributed by atoms with van der Waals surface area (Å²) in [6.45, 7) is 6.00. The van der Waals surface area contributed by atoms with Crippen LogP contribution in [0.4, 0.5) is 0 Å². The lowest BCUT2D eigenvalue weighted by Gasteiger charge is -2.39. The number of carbonyl (C=O) groups excluding carboxylic acids is 2. The fourth-order valence-electron chi connectivity index (χ4n) is 3.84. The number of allylic oxidation sites excluding steroid dienone is 3. The maximum atomic E-state index is 13.0. The van der Waals surface area contributed by atoms with Gasteiger partial charge in [0.1, 0.15) is 0 Å². The van der Waals surface area contributed by atoms with E-state index in [4.69, 9.17) is 16.3 Å². The number of rotatable bonds is 2. The van der Waals surface area contributed by atoms with Gasteiger partial charge < -0.3 is 10.1 Å². The Bertz CT molecular complexity index is 820. The fourth-order valence-corrected chi connectivity index (χ4v) is 4.08. The zero-order chi connectivity index (χ0) is 18.4. The van der Waals surface area contributed by atoms with E-state index < -0.39 is 11.9 Å². The Kier molecular flexibility index (Phi) is 4.50. The van der Waals surface area contributed by atoms with Crippen LogP contribution in [-0.4, -0.2) is 18.9 Å². The summed E-state index contributed by atoms with van der Waals surface area (Å²) in [7, 11) is 1.35. The lowest BCUT2D eigenvalue weighted by molar-refractivity contribution is -0.136. The van der Waals surface area contributed by atoms with Gasteiger partial charge in [-0.15, -0.1) is 0 Å². The van der Waals surface area contributed by atoms with Crippen molar-refractivity contribution in [2.24, 2.45) is 5.41 Å². The zero-order valence-electron chi connectivity index (χ0n) is 14.9. The van der Waals surface area contributed by atoms with Gasteiger partial charge >= 0.3 is 5.97 Å². The molecule has 1 atom stereocenters. The number of carbonyl (C=O) groups is 2. The average Bonchev–Trinajstić information content (AvgIpc) is 2.52. The molecule has 25 heavy (non-hydrogen) atoms. The van der Waals surface area contributed by atoms with E-state index in [0.29, 0.717) is 28.3 Å². The minimum absolute atomic E-state index is 0.0533. The Morgan fingerprint density at radius 2 is 1.96 bits per heavy atom. The molecule has 1 aliphatic heterocycles. The van der Waals surface area contributed by atoms with Crippen LogP contribution in [-0.2, 0) is 14.3 Å². The largest absolute Gasteiger partial charge is 0.466 e. The third-order valence-electron chi connectivity index (χ3n) is 4.86. The molecule has 0 saturated heterocycles. The van der Waals surface area contributed by atoms with Crippen molar-refractivity contribution in [2.75, 3.05) is 7.11 Å². The zero-order valence-corrected chi connectivity index (χ0v) is 15.7. The van der Waals surface area contributed by atoms with Crippen LogP contribution in [0.15, 0.2) is 46.8 Å². The maximum Gasteiger partial charge on any atom is 0.336 e. The molecule has 1 aromatic rings. The Balaban J connectivity index is 2.24. The highest BCUT2D eigenvalue weighted by Crippen LogP contribution is 2.47. The summed E-state index contributed by atoms with van der Waals surface area (Å²) in [6.07, 6.45) is 1.20. The van der Waals surface area contributed by atoms with Gasteiger partial charge in [0.05, 0.1) is 12.7 Å². The van der Waals surface area contributed by atoms with Gasteiger partial charge in [0, 0.05) is 34.3 Å². The van der Waals surface area contributed by atoms with E-state index in [9.17, 15) is 9.59 Å². The molecule has 1 N–H and O–H groups in total. The van der Waals surface area contributed by atoms with Gasteiger partial charge in [-0.05, 0) is 30.4 Å². The van der Waals surface area contributed by atoms with Crippen molar-refractivity contribution < 1.29 is 14.3 Å². The van der Waals surface area contributed by atoms with Crippen molar-refractivity contribution in [3.05, 3.63) is 57.4 Å². The number of hydrogen-bond acceptors (Lipinski definition) is 4. The number of halogens is 1. The molecule has 3 rings (SSSR count). The number of benzene rings is 1. The average molecular weight is 360 g/mol. The molecule has 0 aromatic heterocycles. The van der Waals surface area contributed by atoms with E-state index >= 15 is 0 Å². The summed E-state index contributed by atoms with van der Waals surface area (Å²) < 4.78 is 4.99. The lowest BCUT2D eigenvalue weighted by Crippen LogP contribution is -2.38. The molecule has 0 spiro atoms. The summed E-state index contributed by atoms with van der Waals surface area (Å²) in [5, 5.41) is 3.82. The normalized spacial score (nSPS) is 22.4. The van der Waals surface area contributed by atoms with Crippen molar-refractivity contribution in [3.8, 4) is 0 Å². The van der Waals surface area contributed by atoms with E-state index in [2.05, 4.69) is 19.2 Å². The van der Waals surface area contributed by atoms with E-state index in [1.54, 1.807) is 6.07 Å². The minimum atomic E-state index is -0.499. The van der Waals surface area contributed by atoms with Crippen LogP contribution in [0.1, 0.15) is 45.1 Å². The number of ketones is 1. The molecule has 2 aliphatic rings. The predicted molar refractivity (Wildman–Crippen MR) is 97.1 cm³/mol. The van der Waals surface area contributed by atoms with Crippen LogP contribution >= 0.6 is 11.6 Å². The second kappa shape index (κ2) is 6.34. The highest BCUT2D eigenvalue weighted by Gasteiger charge is 2.43. The predicted octanol–water partition coefficient (Wildman–Crippen LogP) is 4.12. The third-order valence-corrected chi connectivity index (χ3v) is 5.21. The summed E-state index contributed by atoms with van der Waals surface area (Å²) in [5.74, 6) is -0.891. The first-order valence-corrected chi connectivity index (χ1v) is 8.70. The van der Waals surface area contributed by atoms with Crippen LogP contribution < -0.4 is 5.32 Å². The smallest absolute Gasteiger partial charge is 0.336 e. The van der Waals surface area contributed by atoms with Crippen LogP contribution in [0.5, 0.6) is 0 Å². The van der Waals surface area contributed by atoms with E-state index in [-0.39, 0.29) is 11.2 Å². The van der Waals surface area contributed by atoms with Gasteiger partial charge in [-0.25, -0.2) is 4.79 Å². The first-order valence-electron chi connectivity index (χ1n) is 8.32. The summed E-state index contributed by atoms with van der Waals surface area (Å²) in [5.41, 5.74) is 3.32. The van der Waals surface area contributed by atoms with Gasteiger partial charge in [0.2, 0.25) is 0 Å². The number of methoxy groups -OCH3 is 1. The molecule has 4 nitrogen and oxygen atoms in total. The van der Waals surface area contributed by atoms with Crippen molar-refractivity contribution in [2.45, 2.75) is 39.5 Å². The standard InChI is InChI=1S/C20H22ClNO3/c1-11-16(19(24)25-4)17(12-7-5-6-8-13(12)21)18-14(22-11)9-20(2,3)10-15(18)23/h5-8,17,22H,9-10H2,1-4H3. The van der Waals surface area contributed by atoms with Gasteiger partial charge in [0.15, 0.2) is 5.78 Å². The molecule has 1 unspecified atom stereocenters. The molecule has 0 radical (unpaired) electrons. The van der Waals surface area contributed by atoms with Crippen LogP contribution in [0, 0.1) is 5.41 Å².